The second-order valence-corrected chi connectivity index (χ2v) is 5.64. The molecular formula is C18H20ClNO4. The predicted molar refractivity (Wildman–Crippen MR) is 93.3 cm³/mol. The van der Waals surface area contributed by atoms with Crippen molar-refractivity contribution in [1.82, 2.24) is 4.90 Å². The molecule has 0 spiro atoms. The lowest BCUT2D eigenvalue weighted by molar-refractivity contribution is 0.0785. The lowest BCUT2D eigenvalue weighted by atomic mass is 10.1. The summed E-state index contributed by atoms with van der Waals surface area (Å²) in [7, 11) is 6.41. The van der Waals surface area contributed by atoms with Crippen LogP contribution in [-0.2, 0) is 6.54 Å². The van der Waals surface area contributed by atoms with Gasteiger partial charge in [0.1, 0.15) is 0 Å². The Morgan fingerprint density at radius 1 is 1.00 bits per heavy atom. The standard InChI is InChI=1S/C18H20ClNO4/c1-20(18(21)13-5-7-14(19)8-6-13)11-12-9-15(22-2)17(24-4)16(10-12)23-3/h5-10H,11H2,1-4H3. The van der Waals surface area contributed by atoms with Crippen LogP contribution in [0.5, 0.6) is 17.2 Å². The molecule has 0 atom stereocenters. The molecule has 5 nitrogen and oxygen atoms in total. The highest BCUT2D eigenvalue weighted by molar-refractivity contribution is 6.30. The van der Waals surface area contributed by atoms with Gasteiger partial charge in [-0.25, -0.2) is 0 Å². The molecule has 24 heavy (non-hydrogen) atoms. The zero-order chi connectivity index (χ0) is 17.7. The molecule has 0 radical (unpaired) electrons. The minimum absolute atomic E-state index is 0.0968. The Kier molecular flexibility index (Phi) is 5.93. The molecule has 1 amide bonds. The summed E-state index contributed by atoms with van der Waals surface area (Å²) < 4.78 is 16.0. The molecule has 0 aliphatic rings. The normalized spacial score (nSPS) is 10.2. The van der Waals surface area contributed by atoms with Crippen LogP contribution < -0.4 is 14.2 Å². The van der Waals surface area contributed by atoms with Gasteiger partial charge in [-0.15, -0.1) is 0 Å². The van der Waals surface area contributed by atoms with Gasteiger partial charge in [-0.2, -0.15) is 0 Å². The average Bonchev–Trinajstić information content (AvgIpc) is 2.60. The number of benzene rings is 2. The summed E-state index contributed by atoms with van der Waals surface area (Å²) >= 11 is 5.86. The summed E-state index contributed by atoms with van der Waals surface area (Å²) in [5.74, 6) is 1.54. The fourth-order valence-corrected chi connectivity index (χ4v) is 2.51. The Labute approximate surface area is 146 Å². The molecule has 0 aromatic heterocycles. The van der Waals surface area contributed by atoms with Crippen LogP contribution in [-0.4, -0.2) is 39.2 Å². The molecule has 0 N–H and O–H groups in total. The first-order valence-electron chi connectivity index (χ1n) is 7.30. The SMILES string of the molecule is COc1cc(CN(C)C(=O)c2ccc(Cl)cc2)cc(OC)c1OC. The molecule has 0 fully saturated rings. The van der Waals surface area contributed by atoms with Gasteiger partial charge in [0, 0.05) is 24.2 Å². The van der Waals surface area contributed by atoms with E-state index in [1.807, 2.05) is 12.1 Å². The number of rotatable bonds is 6. The van der Waals surface area contributed by atoms with E-state index in [1.54, 1.807) is 57.5 Å². The minimum atomic E-state index is -0.0968. The number of nitrogens with zero attached hydrogens (tertiary/aromatic N) is 1. The highest BCUT2D eigenvalue weighted by Crippen LogP contribution is 2.38. The summed E-state index contributed by atoms with van der Waals surface area (Å²) in [6.07, 6.45) is 0. The van der Waals surface area contributed by atoms with Gasteiger partial charge in [0.25, 0.3) is 5.91 Å². The Hall–Kier alpha value is -2.40. The van der Waals surface area contributed by atoms with Gasteiger partial charge >= 0.3 is 0 Å². The van der Waals surface area contributed by atoms with E-state index in [9.17, 15) is 4.79 Å². The van der Waals surface area contributed by atoms with E-state index >= 15 is 0 Å². The van der Waals surface area contributed by atoms with Crippen LogP contribution >= 0.6 is 11.6 Å². The van der Waals surface area contributed by atoms with Crippen LogP contribution in [0.15, 0.2) is 36.4 Å². The summed E-state index contributed by atoms with van der Waals surface area (Å²) in [5, 5.41) is 0.596. The summed E-state index contributed by atoms with van der Waals surface area (Å²) in [6, 6.07) is 10.5. The Balaban J connectivity index is 2.23. The third-order valence-electron chi connectivity index (χ3n) is 3.58. The first kappa shape index (κ1) is 17.9. The van der Waals surface area contributed by atoms with Crippen molar-refractivity contribution < 1.29 is 19.0 Å². The van der Waals surface area contributed by atoms with Crippen LogP contribution in [0.4, 0.5) is 0 Å². The highest BCUT2D eigenvalue weighted by Gasteiger charge is 2.16. The smallest absolute Gasteiger partial charge is 0.253 e. The largest absolute Gasteiger partial charge is 0.493 e. The number of methoxy groups -OCH3 is 3. The third kappa shape index (κ3) is 3.92. The molecule has 0 saturated carbocycles. The molecule has 0 saturated heterocycles. The number of carbonyl (C=O) groups excluding carboxylic acids is 1. The fraction of sp³-hybridized carbons (Fsp3) is 0.278. The number of halogens is 1. The van der Waals surface area contributed by atoms with Gasteiger partial charge in [0.2, 0.25) is 5.75 Å². The van der Waals surface area contributed by atoms with Crippen LogP contribution in [0, 0.1) is 0 Å². The maximum atomic E-state index is 12.5. The van der Waals surface area contributed by atoms with Crippen molar-refractivity contribution in [2.75, 3.05) is 28.4 Å². The first-order chi connectivity index (χ1) is 11.5. The number of hydrogen-bond acceptors (Lipinski definition) is 4. The van der Waals surface area contributed by atoms with Gasteiger partial charge in [0.05, 0.1) is 21.3 Å². The Bertz CT molecular complexity index is 690. The van der Waals surface area contributed by atoms with E-state index in [2.05, 4.69) is 0 Å². The zero-order valence-electron chi connectivity index (χ0n) is 14.1. The number of hydrogen-bond donors (Lipinski definition) is 0. The molecule has 2 rings (SSSR count). The van der Waals surface area contributed by atoms with Gasteiger partial charge in [0.15, 0.2) is 11.5 Å². The molecule has 0 aliphatic carbocycles. The lowest BCUT2D eigenvalue weighted by Crippen LogP contribution is -2.26. The lowest BCUT2D eigenvalue weighted by Gasteiger charge is -2.19. The van der Waals surface area contributed by atoms with Crippen LogP contribution in [0.25, 0.3) is 0 Å². The van der Waals surface area contributed by atoms with E-state index in [4.69, 9.17) is 25.8 Å². The first-order valence-corrected chi connectivity index (χ1v) is 7.67. The van der Waals surface area contributed by atoms with E-state index in [0.29, 0.717) is 34.4 Å². The second kappa shape index (κ2) is 7.93. The minimum Gasteiger partial charge on any atom is -0.493 e. The maximum absolute atomic E-state index is 12.5. The van der Waals surface area contributed by atoms with E-state index < -0.39 is 0 Å². The van der Waals surface area contributed by atoms with Gasteiger partial charge in [-0.1, -0.05) is 11.6 Å². The van der Waals surface area contributed by atoms with Crippen molar-refractivity contribution >= 4 is 17.5 Å². The van der Waals surface area contributed by atoms with Crippen LogP contribution in [0.2, 0.25) is 5.02 Å². The molecule has 6 heteroatoms. The molecule has 2 aromatic carbocycles. The molecule has 0 aliphatic heterocycles. The fourth-order valence-electron chi connectivity index (χ4n) is 2.39. The third-order valence-corrected chi connectivity index (χ3v) is 3.83. The van der Waals surface area contributed by atoms with E-state index in [0.717, 1.165) is 5.56 Å². The molecule has 2 aromatic rings. The van der Waals surface area contributed by atoms with Crippen LogP contribution in [0.1, 0.15) is 15.9 Å². The van der Waals surface area contributed by atoms with Gasteiger partial charge in [-0.05, 0) is 42.0 Å². The van der Waals surface area contributed by atoms with Crippen molar-refractivity contribution in [1.29, 1.82) is 0 Å². The number of carbonyl (C=O) groups is 1. The quantitative estimate of drug-likeness (QED) is 0.799. The molecule has 0 heterocycles. The maximum Gasteiger partial charge on any atom is 0.253 e. The zero-order valence-corrected chi connectivity index (χ0v) is 14.9. The molecule has 0 bridgehead atoms. The summed E-state index contributed by atoms with van der Waals surface area (Å²) in [4.78, 5) is 14.1. The Morgan fingerprint density at radius 2 is 1.54 bits per heavy atom. The second-order valence-electron chi connectivity index (χ2n) is 5.20. The van der Waals surface area contributed by atoms with E-state index in [1.165, 1.54) is 0 Å². The molecule has 128 valence electrons. The van der Waals surface area contributed by atoms with Crippen molar-refractivity contribution in [2.24, 2.45) is 0 Å². The number of amides is 1. The summed E-state index contributed by atoms with van der Waals surface area (Å²) in [6.45, 7) is 0.401. The van der Waals surface area contributed by atoms with Crippen LogP contribution in [0.3, 0.4) is 0 Å². The topological polar surface area (TPSA) is 48.0 Å². The Morgan fingerprint density at radius 3 is 2.00 bits per heavy atom. The van der Waals surface area contributed by atoms with Gasteiger partial charge < -0.3 is 19.1 Å². The van der Waals surface area contributed by atoms with E-state index in [-0.39, 0.29) is 5.91 Å². The predicted octanol–water partition coefficient (Wildman–Crippen LogP) is 3.64. The monoisotopic (exact) mass is 349 g/mol. The number of ether oxygens (including phenoxy) is 3. The van der Waals surface area contributed by atoms with Gasteiger partial charge in [-0.3, -0.25) is 4.79 Å². The molecule has 0 unspecified atom stereocenters. The summed E-state index contributed by atoms with van der Waals surface area (Å²) in [5.41, 5.74) is 1.45. The van der Waals surface area contributed by atoms with Crippen molar-refractivity contribution in [3.63, 3.8) is 0 Å². The molecular weight excluding hydrogens is 330 g/mol. The van der Waals surface area contributed by atoms with Crippen molar-refractivity contribution in [2.45, 2.75) is 6.54 Å². The van der Waals surface area contributed by atoms with Crippen molar-refractivity contribution in [3.8, 4) is 17.2 Å². The average molecular weight is 350 g/mol. The van der Waals surface area contributed by atoms with Crippen molar-refractivity contribution in [3.05, 3.63) is 52.5 Å². The highest BCUT2D eigenvalue weighted by atomic mass is 35.5.